The van der Waals surface area contributed by atoms with Crippen LogP contribution < -0.4 is 0 Å². The maximum absolute atomic E-state index is 11.1. The van der Waals surface area contributed by atoms with Crippen LogP contribution in [0.4, 0.5) is 5.69 Å². The van der Waals surface area contributed by atoms with Crippen molar-refractivity contribution in [1.29, 1.82) is 0 Å². The van der Waals surface area contributed by atoms with Gasteiger partial charge >= 0.3 is 0 Å². The second kappa shape index (κ2) is 4.50. The van der Waals surface area contributed by atoms with Crippen LogP contribution in [0.3, 0.4) is 0 Å². The predicted octanol–water partition coefficient (Wildman–Crippen LogP) is 2.12. The van der Waals surface area contributed by atoms with Crippen LogP contribution in [0.5, 0.6) is 0 Å². The van der Waals surface area contributed by atoms with Gasteiger partial charge in [-0.05, 0) is 0 Å². The molecule has 74 valence electrons. The Kier molecular flexibility index (Phi) is 3.34. The molecule has 0 amide bonds. The number of hydrogen-bond acceptors (Lipinski definition) is 3. The van der Waals surface area contributed by atoms with Crippen LogP contribution in [-0.2, 0) is 11.2 Å². The van der Waals surface area contributed by atoms with Crippen LogP contribution in [-0.4, -0.2) is 10.7 Å². The zero-order chi connectivity index (χ0) is 10.6. The second-order valence-electron chi connectivity index (χ2n) is 2.95. The molecule has 0 bridgehead atoms. The third-order valence-electron chi connectivity index (χ3n) is 1.97. The summed E-state index contributed by atoms with van der Waals surface area (Å²) in [6.45, 7) is 1.75. The van der Waals surface area contributed by atoms with Crippen LogP contribution in [0, 0.1) is 10.1 Å². The van der Waals surface area contributed by atoms with Gasteiger partial charge in [0.2, 0.25) is 0 Å². The first-order chi connectivity index (χ1) is 6.65. The number of hydrogen-bond donors (Lipinski definition) is 0. The molecule has 1 aromatic carbocycles. The molecule has 0 saturated carbocycles. The van der Waals surface area contributed by atoms with E-state index in [-0.39, 0.29) is 17.9 Å². The Morgan fingerprint density at radius 3 is 2.64 bits per heavy atom. The van der Waals surface area contributed by atoms with Crippen LogP contribution in [0.25, 0.3) is 0 Å². The Labute approximate surface area is 81.7 Å². The van der Waals surface area contributed by atoms with Gasteiger partial charge < -0.3 is 0 Å². The summed E-state index contributed by atoms with van der Waals surface area (Å²) in [5, 5.41) is 10.6. The quantitative estimate of drug-likeness (QED) is 0.543. The number of benzene rings is 1. The van der Waals surface area contributed by atoms with E-state index in [2.05, 4.69) is 0 Å². The number of Topliss-reactive ketones (excluding diaryl/α,β-unsaturated/α-hetero) is 1. The minimum atomic E-state index is -0.460. The number of carbonyl (C=O) groups excluding carboxylic acids is 1. The maximum atomic E-state index is 11.1. The Morgan fingerprint density at radius 2 is 2.07 bits per heavy atom. The lowest BCUT2D eigenvalue weighted by Gasteiger charge is -2.00. The number of nitrogens with zero attached hydrogens (tertiary/aromatic N) is 1. The number of ketones is 1. The predicted molar refractivity (Wildman–Crippen MR) is 52.1 cm³/mol. The van der Waals surface area contributed by atoms with Crippen molar-refractivity contribution in [2.45, 2.75) is 19.8 Å². The van der Waals surface area contributed by atoms with Crippen molar-refractivity contribution in [2.75, 3.05) is 0 Å². The number of rotatable bonds is 4. The van der Waals surface area contributed by atoms with E-state index in [1.54, 1.807) is 25.1 Å². The van der Waals surface area contributed by atoms with E-state index in [0.717, 1.165) is 0 Å². The summed E-state index contributed by atoms with van der Waals surface area (Å²) in [6.07, 6.45) is 0.555. The molecule has 0 aliphatic rings. The van der Waals surface area contributed by atoms with Crippen molar-refractivity contribution < 1.29 is 9.72 Å². The fraction of sp³-hybridized carbons (Fsp3) is 0.300. The summed E-state index contributed by atoms with van der Waals surface area (Å²) in [6, 6.07) is 6.33. The van der Waals surface area contributed by atoms with E-state index in [1.165, 1.54) is 6.07 Å². The molecule has 0 atom stereocenters. The Morgan fingerprint density at radius 1 is 1.43 bits per heavy atom. The number of nitro benzene ring substituents is 1. The fourth-order valence-electron chi connectivity index (χ4n) is 1.18. The first-order valence-electron chi connectivity index (χ1n) is 4.39. The van der Waals surface area contributed by atoms with Gasteiger partial charge in [0.1, 0.15) is 5.78 Å². The molecule has 4 heteroatoms. The van der Waals surface area contributed by atoms with Gasteiger partial charge in [0.15, 0.2) is 0 Å². The molecule has 0 saturated heterocycles. The van der Waals surface area contributed by atoms with Crippen molar-refractivity contribution in [3.05, 3.63) is 39.9 Å². The summed E-state index contributed by atoms with van der Waals surface area (Å²) in [5.74, 6) is 0.0132. The first kappa shape index (κ1) is 10.4. The van der Waals surface area contributed by atoms with E-state index in [0.29, 0.717) is 12.0 Å². The Hall–Kier alpha value is -1.71. The van der Waals surface area contributed by atoms with Crippen LogP contribution >= 0.6 is 0 Å². The second-order valence-corrected chi connectivity index (χ2v) is 2.95. The highest BCUT2D eigenvalue weighted by Crippen LogP contribution is 2.18. The topological polar surface area (TPSA) is 60.2 Å². The van der Waals surface area contributed by atoms with Crippen LogP contribution in [0.15, 0.2) is 24.3 Å². The van der Waals surface area contributed by atoms with E-state index >= 15 is 0 Å². The summed E-state index contributed by atoms with van der Waals surface area (Å²) >= 11 is 0. The largest absolute Gasteiger partial charge is 0.299 e. The van der Waals surface area contributed by atoms with Crippen molar-refractivity contribution in [1.82, 2.24) is 0 Å². The standard InChI is InChI=1S/C10H11NO3/c1-2-9(12)7-8-5-3-4-6-10(8)11(13)14/h3-6H,2,7H2,1H3. The Bertz CT molecular complexity index is 360. The number of nitro groups is 1. The van der Waals surface area contributed by atoms with Crippen molar-refractivity contribution in [3.8, 4) is 0 Å². The molecule has 0 unspecified atom stereocenters. The van der Waals surface area contributed by atoms with E-state index in [9.17, 15) is 14.9 Å². The fourth-order valence-corrected chi connectivity index (χ4v) is 1.18. The van der Waals surface area contributed by atoms with E-state index in [4.69, 9.17) is 0 Å². The van der Waals surface area contributed by atoms with Gasteiger partial charge in [0, 0.05) is 24.5 Å². The highest BCUT2D eigenvalue weighted by Gasteiger charge is 2.13. The molecule has 0 fully saturated rings. The number of carbonyl (C=O) groups is 1. The third kappa shape index (κ3) is 2.39. The average Bonchev–Trinajstić information content (AvgIpc) is 2.18. The van der Waals surface area contributed by atoms with E-state index < -0.39 is 4.92 Å². The molecule has 0 radical (unpaired) electrons. The third-order valence-corrected chi connectivity index (χ3v) is 1.97. The van der Waals surface area contributed by atoms with Crippen LogP contribution in [0.2, 0.25) is 0 Å². The van der Waals surface area contributed by atoms with Gasteiger partial charge in [-0.1, -0.05) is 25.1 Å². The SMILES string of the molecule is CCC(=O)Cc1ccccc1[N+](=O)[O-]. The molecule has 0 aliphatic carbocycles. The lowest BCUT2D eigenvalue weighted by molar-refractivity contribution is -0.385. The van der Waals surface area contributed by atoms with Gasteiger partial charge in [-0.3, -0.25) is 14.9 Å². The van der Waals surface area contributed by atoms with Gasteiger partial charge in [0.05, 0.1) is 4.92 Å². The average molecular weight is 193 g/mol. The highest BCUT2D eigenvalue weighted by molar-refractivity contribution is 5.81. The zero-order valence-corrected chi connectivity index (χ0v) is 7.90. The molecule has 0 heterocycles. The van der Waals surface area contributed by atoms with Crippen molar-refractivity contribution in [3.63, 3.8) is 0 Å². The zero-order valence-electron chi connectivity index (χ0n) is 7.90. The molecular weight excluding hydrogens is 182 g/mol. The molecule has 1 aromatic rings. The van der Waals surface area contributed by atoms with Gasteiger partial charge in [-0.25, -0.2) is 0 Å². The Balaban J connectivity index is 2.95. The van der Waals surface area contributed by atoms with E-state index in [1.807, 2.05) is 0 Å². The van der Waals surface area contributed by atoms with Crippen molar-refractivity contribution in [2.24, 2.45) is 0 Å². The first-order valence-corrected chi connectivity index (χ1v) is 4.39. The summed E-state index contributed by atoms with van der Waals surface area (Å²) < 4.78 is 0. The normalized spacial score (nSPS) is 9.79. The summed E-state index contributed by atoms with van der Waals surface area (Å²) in [4.78, 5) is 21.3. The van der Waals surface area contributed by atoms with Gasteiger partial charge in [0.25, 0.3) is 5.69 Å². The molecular formula is C10H11NO3. The molecule has 1 rings (SSSR count). The summed E-state index contributed by atoms with van der Waals surface area (Å²) in [7, 11) is 0. The smallest absolute Gasteiger partial charge is 0.273 e. The minimum absolute atomic E-state index is 0.0132. The minimum Gasteiger partial charge on any atom is -0.299 e. The van der Waals surface area contributed by atoms with Crippen molar-refractivity contribution >= 4 is 11.5 Å². The van der Waals surface area contributed by atoms with Gasteiger partial charge in [-0.15, -0.1) is 0 Å². The molecule has 14 heavy (non-hydrogen) atoms. The summed E-state index contributed by atoms with van der Waals surface area (Å²) in [5.41, 5.74) is 0.513. The monoisotopic (exact) mass is 193 g/mol. The molecule has 0 aromatic heterocycles. The molecule has 4 nitrogen and oxygen atoms in total. The lowest BCUT2D eigenvalue weighted by Crippen LogP contribution is -2.03. The molecule has 0 aliphatic heterocycles. The highest BCUT2D eigenvalue weighted by atomic mass is 16.6. The lowest BCUT2D eigenvalue weighted by atomic mass is 10.1. The van der Waals surface area contributed by atoms with Crippen LogP contribution in [0.1, 0.15) is 18.9 Å². The number of para-hydroxylation sites is 1. The molecule has 0 N–H and O–H groups in total. The molecule has 0 spiro atoms. The maximum Gasteiger partial charge on any atom is 0.273 e. The van der Waals surface area contributed by atoms with Gasteiger partial charge in [-0.2, -0.15) is 0 Å².